The predicted octanol–water partition coefficient (Wildman–Crippen LogP) is 2.07. The van der Waals surface area contributed by atoms with Crippen LogP contribution in [0.2, 0.25) is 0 Å². The first-order chi connectivity index (χ1) is 13.9. The van der Waals surface area contributed by atoms with Crippen LogP contribution >= 0.6 is 0 Å². The average Bonchev–Trinajstić information content (AvgIpc) is 3.17. The Balaban J connectivity index is 0.00000450. The SMILES string of the molecule is CC[C@@H]([CH]NNC(=O)NCC1CCC(C(=O)NC)CC1)NC(=O)[C@H]1CC[C@H]([NH-])C1.[CH3-].[Y]. The van der Waals surface area contributed by atoms with Crippen molar-refractivity contribution in [1.82, 2.24) is 26.8 Å². The van der Waals surface area contributed by atoms with Crippen molar-refractivity contribution in [1.29, 1.82) is 0 Å². The van der Waals surface area contributed by atoms with Gasteiger partial charge in [0.2, 0.25) is 11.8 Å². The summed E-state index contributed by atoms with van der Waals surface area (Å²) in [6.07, 6.45) is 6.47. The first-order valence-electron chi connectivity index (χ1n) is 10.8. The molecule has 3 atom stereocenters. The second kappa shape index (κ2) is 15.9. The van der Waals surface area contributed by atoms with Crippen LogP contribution in [0.25, 0.3) is 5.73 Å². The number of rotatable bonds is 9. The number of amides is 4. The fourth-order valence-corrected chi connectivity index (χ4v) is 4.10. The van der Waals surface area contributed by atoms with E-state index in [0.717, 1.165) is 38.5 Å². The molecule has 0 saturated heterocycles. The van der Waals surface area contributed by atoms with E-state index in [1.54, 1.807) is 13.6 Å². The van der Waals surface area contributed by atoms with Gasteiger partial charge in [0, 0.05) is 64.2 Å². The van der Waals surface area contributed by atoms with E-state index in [1.165, 1.54) is 0 Å². The molecule has 2 fully saturated rings. The van der Waals surface area contributed by atoms with E-state index in [9.17, 15) is 14.4 Å². The van der Waals surface area contributed by atoms with E-state index >= 15 is 0 Å². The summed E-state index contributed by atoms with van der Waals surface area (Å²) in [6.45, 7) is 4.21. The van der Waals surface area contributed by atoms with Gasteiger partial charge in [-0.3, -0.25) is 15.0 Å². The molecule has 0 aromatic rings. The Morgan fingerprint density at radius 1 is 1.03 bits per heavy atom. The van der Waals surface area contributed by atoms with Crippen LogP contribution in [0.15, 0.2) is 0 Å². The molecule has 0 aliphatic heterocycles. The monoisotopic (exact) mass is 512 g/mol. The maximum absolute atomic E-state index is 12.3. The van der Waals surface area contributed by atoms with Crippen LogP contribution in [-0.2, 0) is 42.3 Å². The van der Waals surface area contributed by atoms with Gasteiger partial charge in [0.05, 0.1) is 6.54 Å². The van der Waals surface area contributed by atoms with Crippen molar-refractivity contribution in [3.8, 4) is 0 Å². The summed E-state index contributed by atoms with van der Waals surface area (Å²) in [4.78, 5) is 35.9. The molecule has 0 heterocycles. The fraction of sp³-hybridized carbons (Fsp3) is 0.762. The van der Waals surface area contributed by atoms with Crippen molar-refractivity contribution in [2.24, 2.45) is 17.8 Å². The van der Waals surface area contributed by atoms with E-state index in [4.69, 9.17) is 5.73 Å². The molecule has 2 radical (unpaired) electrons. The smallest absolute Gasteiger partial charge is 0.329 e. The number of carbonyl (C=O) groups excluding carboxylic acids is 3. The molecule has 176 valence electrons. The van der Waals surface area contributed by atoms with E-state index in [2.05, 4.69) is 26.8 Å². The molecule has 2 aliphatic carbocycles. The van der Waals surface area contributed by atoms with E-state index in [0.29, 0.717) is 25.3 Å². The van der Waals surface area contributed by atoms with Crippen LogP contribution in [-0.4, -0.2) is 43.5 Å². The average molecular weight is 512 g/mol. The summed E-state index contributed by atoms with van der Waals surface area (Å²) in [5.41, 5.74) is 13.1. The fourth-order valence-electron chi connectivity index (χ4n) is 4.10. The largest absolute Gasteiger partial charge is 0.675 e. The quantitative estimate of drug-likeness (QED) is 0.239. The molecular weight excluding hydrogens is 473 g/mol. The summed E-state index contributed by atoms with van der Waals surface area (Å²) in [7, 11) is 1.67. The maximum atomic E-state index is 12.3. The second-order valence-corrected chi connectivity index (χ2v) is 8.21. The molecule has 0 bridgehead atoms. The van der Waals surface area contributed by atoms with Gasteiger partial charge >= 0.3 is 6.03 Å². The molecule has 0 aromatic carbocycles. The van der Waals surface area contributed by atoms with Gasteiger partial charge in [-0.1, -0.05) is 19.8 Å². The summed E-state index contributed by atoms with van der Waals surface area (Å²) < 4.78 is 0. The van der Waals surface area contributed by atoms with Crippen LogP contribution in [0.1, 0.15) is 58.3 Å². The minimum atomic E-state index is -0.316. The van der Waals surface area contributed by atoms with Gasteiger partial charge in [-0.05, 0) is 44.4 Å². The summed E-state index contributed by atoms with van der Waals surface area (Å²) >= 11 is 0. The Labute approximate surface area is 212 Å². The first-order valence-corrected chi connectivity index (χ1v) is 10.8. The molecule has 2 saturated carbocycles. The molecule has 0 aromatic heterocycles. The van der Waals surface area contributed by atoms with Crippen LogP contribution in [0, 0.1) is 31.7 Å². The Hall–Kier alpha value is -0.766. The van der Waals surface area contributed by atoms with E-state index in [1.807, 2.05) is 6.92 Å². The predicted molar refractivity (Wildman–Crippen MR) is 118 cm³/mol. The van der Waals surface area contributed by atoms with E-state index < -0.39 is 0 Å². The van der Waals surface area contributed by atoms with Crippen molar-refractivity contribution in [2.45, 2.75) is 70.4 Å². The maximum Gasteiger partial charge on any atom is 0.329 e. The zero-order chi connectivity index (χ0) is 21.2. The van der Waals surface area contributed by atoms with Crippen LogP contribution in [0.4, 0.5) is 4.79 Å². The van der Waals surface area contributed by atoms with Gasteiger partial charge in [0.15, 0.2) is 0 Å². The van der Waals surface area contributed by atoms with Gasteiger partial charge < -0.3 is 29.1 Å². The molecule has 10 heteroatoms. The molecule has 0 spiro atoms. The molecule has 4 amide bonds. The standard InChI is InChI=1S/C20H36N6O3.CH3.Y/c1-3-17(25-19(28)15-8-9-16(21)10-15)12-24-26-20(29)23-11-13-4-6-14(7-5-13)18(27)22-2;;/h12-17,21,24H,3-11H2,1-2H3,(H,22,27)(H,25,28)(H2,23,26,29);1H3;/q2*-1;/t13?,14?,15-,16-,17-;;/m0../s1. The number of carbonyl (C=O) groups is 3. The number of hydrazine groups is 1. The zero-order valence-electron chi connectivity index (χ0n) is 19.1. The van der Waals surface area contributed by atoms with Crippen molar-refractivity contribution in [3.05, 3.63) is 19.7 Å². The van der Waals surface area contributed by atoms with Crippen LogP contribution in [0.5, 0.6) is 0 Å². The summed E-state index contributed by atoms with van der Waals surface area (Å²) in [5.74, 6) is 0.509. The third-order valence-corrected chi connectivity index (χ3v) is 6.06. The molecule has 9 nitrogen and oxygen atoms in total. The molecule has 6 N–H and O–H groups in total. The second-order valence-electron chi connectivity index (χ2n) is 8.21. The van der Waals surface area contributed by atoms with Crippen molar-refractivity contribution < 1.29 is 47.1 Å². The minimum Gasteiger partial charge on any atom is -0.675 e. The topological polar surface area (TPSA) is 135 Å². The molecule has 2 aliphatic rings. The summed E-state index contributed by atoms with van der Waals surface area (Å²) in [6, 6.07) is -0.631. The van der Waals surface area contributed by atoms with Crippen molar-refractivity contribution in [3.63, 3.8) is 0 Å². The number of nitrogens with one attached hydrogen (secondary N) is 6. The van der Waals surface area contributed by atoms with Gasteiger partial charge in [0.1, 0.15) is 0 Å². The Kier molecular flexibility index (Phi) is 15.5. The minimum absolute atomic E-state index is 0. The van der Waals surface area contributed by atoms with Crippen molar-refractivity contribution in [2.75, 3.05) is 13.6 Å². The molecular formula is C21H39N6O3Y-2. The molecule has 0 unspecified atom stereocenters. The van der Waals surface area contributed by atoms with Gasteiger partial charge in [-0.2, -0.15) is 0 Å². The number of hydrogen-bond donors (Lipinski definition) is 5. The zero-order valence-corrected chi connectivity index (χ0v) is 22.0. The summed E-state index contributed by atoms with van der Waals surface area (Å²) in [5, 5.41) is 8.51. The van der Waals surface area contributed by atoms with Crippen LogP contribution < -0.4 is 26.8 Å². The Morgan fingerprint density at radius 2 is 1.68 bits per heavy atom. The molecule has 31 heavy (non-hydrogen) atoms. The number of hydrogen-bond acceptors (Lipinski definition) is 4. The third-order valence-electron chi connectivity index (χ3n) is 6.06. The van der Waals surface area contributed by atoms with Gasteiger partial charge in [-0.15, -0.1) is 6.04 Å². The van der Waals surface area contributed by atoms with Crippen molar-refractivity contribution >= 4 is 17.8 Å². The first kappa shape index (κ1) is 30.2. The third kappa shape index (κ3) is 10.6. The van der Waals surface area contributed by atoms with Gasteiger partial charge in [0.25, 0.3) is 0 Å². The molecule has 2 rings (SSSR count). The number of urea groups is 1. The Bertz CT molecular complexity index is 557. The Morgan fingerprint density at radius 3 is 2.23 bits per heavy atom. The van der Waals surface area contributed by atoms with Crippen LogP contribution in [0.3, 0.4) is 0 Å². The van der Waals surface area contributed by atoms with Gasteiger partial charge in [-0.25, -0.2) is 10.2 Å². The van der Waals surface area contributed by atoms with E-state index in [-0.39, 0.29) is 81.9 Å². The normalized spacial score (nSPS) is 25.9.